The monoisotopic (exact) mass is 358 g/mol. The number of carboxylic acid groups (broad SMARTS) is 1. The average molecular weight is 358 g/mol. The SMILES string of the molecule is Cc1c(F)c(N2C[C@@H]3C(N)[C@@H]3C2)nc2c1c(=O)c(C(=O)O)cn2C1CC1. The molecule has 3 aliphatic rings. The number of aryl methyl sites for hydroxylation is 1. The normalized spacial score (nSPS) is 27.0. The first-order valence-electron chi connectivity index (χ1n) is 8.87. The number of nitrogens with two attached hydrogens (primary N) is 1. The molecule has 2 aromatic heterocycles. The van der Waals surface area contributed by atoms with Crippen LogP contribution < -0.4 is 16.1 Å². The standard InChI is InChI=1S/C18H19FN4O3/c1-7-12-15(24)11(18(25)26)6-23(8-2-3-8)16(12)21-17(13(7)19)22-4-9-10(5-22)14(9)20/h6,8-10,14H,2-5,20H2,1H3,(H,25,26)/t9-,10+,14?. The molecule has 8 heteroatoms. The van der Waals surface area contributed by atoms with Crippen molar-refractivity contribution in [3.63, 3.8) is 0 Å². The average Bonchev–Trinajstić information content (AvgIpc) is 3.48. The Labute approximate surface area is 148 Å². The van der Waals surface area contributed by atoms with Crippen molar-refractivity contribution in [2.75, 3.05) is 18.0 Å². The maximum atomic E-state index is 15.1. The lowest BCUT2D eigenvalue weighted by molar-refractivity contribution is 0.0695. The molecule has 0 radical (unpaired) electrons. The molecule has 2 aromatic rings. The van der Waals surface area contributed by atoms with Crippen molar-refractivity contribution in [3.8, 4) is 0 Å². The molecule has 3 heterocycles. The topological polar surface area (TPSA) is 101 Å². The summed E-state index contributed by atoms with van der Waals surface area (Å²) < 4.78 is 16.8. The van der Waals surface area contributed by atoms with Gasteiger partial charge >= 0.3 is 5.97 Å². The molecule has 1 aliphatic heterocycles. The van der Waals surface area contributed by atoms with E-state index in [2.05, 4.69) is 4.98 Å². The van der Waals surface area contributed by atoms with E-state index in [4.69, 9.17) is 5.73 Å². The van der Waals surface area contributed by atoms with Crippen LogP contribution in [0.15, 0.2) is 11.0 Å². The molecule has 5 rings (SSSR count). The van der Waals surface area contributed by atoms with Gasteiger partial charge in [0.2, 0.25) is 5.43 Å². The largest absolute Gasteiger partial charge is 0.477 e. The fourth-order valence-corrected chi connectivity index (χ4v) is 4.24. The minimum absolute atomic E-state index is 0.0686. The minimum atomic E-state index is -1.30. The molecule has 3 fully saturated rings. The van der Waals surface area contributed by atoms with Gasteiger partial charge in [-0.1, -0.05) is 0 Å². The summed E-state index contributed by atoms with van der Waals surface area (Å²) in [5, 5.41) is 9.42. The summed E-state index contributed by atoms with van der Waals surface area (Å²) in [7, 11) is 0. The van der Waals surface area contributed by atoms with Crippen molar-refractivity contribution in [1.82, 2.24) is 9.55 Å². The summed E-state index contributed by atoms with van der Waals surface area (Å²) >= 11 is 0. The Bertz CT molecular complexity index is 1020. The number of halogens is 1. The minimum Gasteiger partial charge on any atom is -0.477 e. The van der Waals surface area contributed by atoms with Crippen molar-refractivity contribution in [3.05, 3.63) is 33.4 Å². The number of hydrogen-bond acceptors (Lipinski definition) is 5. The summed E-state index contributed by atoms with van der Waals surface area (Å²) in [5.74, 6) is -0.844. The Morgan fingerprint density at radius 2 is 2.00 bits per heavy atom. The van der Waals surface area contributed by atoms with E-state index in [1.807, 2.05) is 4.90 Å². The van der Waals surface area contributed by atoms with Gasteiger partial charge < -0.3 is 20.3 Å². The molecule has 0 spiro atoms. The van der Waals surface area contributed by atoms with E-state index >= 15 is 4.39 Å². The highest BCUT2D eigenvalue weighted by atomic mass is 19.1. The predicted molar refractivity (Wildman–Crippen MR) is 93.1 cm³/mol. The van der Waals surface area contributed by atoms with Crippen molar-refractivity contribution in [2.24, 2.45) is 17.6 Å². The number of nitrogens with zero attached hydrogens (tertiary/aromatic N) is 3. The Morgan fingerprint density at radius 1 is 1.35 bits per heavy atom. The van der Waals surface area contributed by atoms with Crippen LogP contribution in [0.4, 0.5) is 10.2 Å². The highest BCUT2D eigenvalue weighted by Gasteiger charge is 2.54. The van der Waals surface area contributed by atoms with E-state index in [9.17, 15) is 14.7 Å². The molecule has 0 amide bonds. The van der Waals surface area contributed by atoms with Gasteiger partial charge in [0.15, 0.2) is 11.6 Å². The van der Waals surface area contributed by atoms with Gasteiger partial charge in [0.25, 0.3) is 0 Å². The summed E-state index contributed by atoms with van der Waals surface area (Å²) in [6.07, 6.45) is 3.15. The Kier molecular flexibility index (Phi) is 3.05. The Balaban J connectivity index is 1.74. The first kappa shape index (κ1) is 15.7. The predicted octanol–water partition coefficient (Wildman–Crippen LogP) is 1.27. The zero-order valence-electron chi connectivity index (χ0n) is 14.3. The van der Waals surface area contributed by atoms with Gasteiger partial charge in [-0.05, 0) is 31.6 Å². The molecule has 2 saturated carbocycles. The van der Waals surface area contributed by atoms with Crippen LogP contribution in [-0.2, 0) is 0 Å². The highest BCUT2D eigenvalue weighted by Crippen LogP contribution is 2.46. The van der Waals surface area contributed by atoms with Crippen molar-refractivity contribution in [1.29, 1.82) is 0 Å². The van der Waals surface area contributed by atoms with Crippen LogP contribution in [0, 0.1) is 24.6 Å². The first-order valence-corrected chi connectivity index (χ1v) is 8.87. The van der Waals surface area contributed by atoms with E-state index in [1.165, 1.54) is 13.1 Å². The van der Waals surface area contributed by atoms with Crippen LogP contribution in [-0.4, -0.2) is 39.8 Å². The molecule has 0 bridgehead atoms. The number of hydrogen-bond donors (Lipinski definition) is 2. The van der Waals surface area contributed by atoms with E-state index in [-0.39, 0.29) is 34.4 Å². The fraction of sp³-hybridized carbons (Fsp3) is 0.500. The molecular formula is C18H19FN4O3. The lowest BCUT2D eigenvalue weighted by atomic mass is 10.1. The summed E-state index contributed by atoms with van der Waals surface area (Å²) in [5.41, 5.74) is 5.49. The van der Waals surface area contributed by atoms with E-state index < -0.39 is 17.2 Å². The van der Waals surface area contributed by atoms with Crippen LogP contribution in [0.2, 0.25) is 0 Å². The number of pyridine rings is 2. The number of piperidine rings is 1. The van der Waals surface area contributed by atoms with Gasteiger partial charge in [-0.15, -0.1) is 0 Å². The molecule has 0 aromatic carbocycles. The maximum Gasteiger partial charge on any atom is 0.341 e. The number of rotatable bonds is 3. The zero-order chi connectivity index (χ0) is 18.3. The van der Waals surface area contributed by atoms with Gasteiger partial charge in [0.1, 0.15) is 11.2 Å². The molecule has 1 unspecified atom stereocenters. The van der Waals surface area contributed by atoms with Gasteiger partial charge in [0.05, 0.1) is 5.39 Å². The molecular weight excluding hydrogens is 339 g/mol. The first-order chi connectivity index (χ1) is 12.4. The van der Waals surface area contributed by atoms with Crippen LogP contribution in [0.3, 0.4) is 0 Å². The molecule has 2 aliphatic carbocycles. The Morgan fingerprint density at radius 3 is 2.58 bits per heavy atom. The van der Waals surface area contributed by atoms with Gasteiger partial charge in [-0.25, -0.2) is 14.2 Å². The van der Waals surface area contributed by atoms with Crippen LogP contribution in [0.1, 0.15) is 34.8 Å². The van der Waals surface area contributed by atoms with Gasteiger partial charge in [0, 0.05) is 36.9 Å². The summed E-state index contributed by atoms with van der Waals surface area (Å²) in [4.78, 5) is 30.5. The number of aromatic carboxylic acids is 1. The second-order valence-corrected chi connectivity index (χ2v) is 7.70. The van der Waals surface area contributed by atoms with Crippen LogP contribution in [0.25, 0.3) is 11.0 Å². The summed E-state index contributed by atoms with van der Waals surface area (Å²) in [6.45, 7) is 2.86. The molecule has 26 heavy (non-hydrogen) atoms. The smallest absolute Gasteiger partial charge is 0.341 e. The van der Waals surface area contributed by atoms with E-state index in [0.717, 1.165) is 12.8 Å². The van der Waals surface area contributed by atoms with Gasteiger partial charge in [-0.3, -0.25) is 4.79 Å². The number of anilines is 1. The molecule has 1 saturated heterocycles. The fourth-order valence-electron chi connectivity index (χ4n) is 4.24. The number of fused-ring (bicyclic) bond motifs is 2. The van der Waals surface area contributed by atoms with Crippen molar-refractivity contribution < 1.29 is 14.3 Å². The third kappa shape index (κ3) is 2.05. The van der Waals surface area contributed by atoms with Crippen LogP contribution >= 0.6 is 0 Å². The van der Waals surface area contributed by atoms with Crippen molar-refractivity contribution in [2.45, 2.75) is 31.8 Å². The second kappa shape index (κ2) is 5.03. The van der Waals surface area contributed by atoms with Crippen LogP contribution in [0.5, 0.6) is 0 Å². The lowest BCUT2D eigenvalue weighted by Gasteiger charge is -2.23. The highest BCUT2D eigenvalue weighted by molar-refractivity contribution is 5.93. The second-order valence-electron chi connectivity index (χ2n) is 7.70. The van der Waals surface area contributed by atoms with E-state index in [1.54, 1.807) is 4.57 Å². The van der Waals surface area contributed by atoms with Gasteiger partial charge in [-0.2, -0.15) is 0 Å². The maximum absolute atomic E-state index is 15.1. The third-order valence-electron chi connectivity index (χ3n) is 6.05. The third-order valence-corrected chi connectivity index (χ3v) is 6.05. The Hall–Kier alpha value is -2.48. The van der Waals surface area contributed by atoms with Crippen molar-refractivity contribution >= 4 is 22.8 Å². The number of carbonyl (C=O) groups is 1. The van der Waals surface area contributed by atoms with E-state index in [0.29, 0.717) is 30.6 Å². The summed E-state index contributed by atoms with van der Waals surface area (Å²) in [6, 6.07) is 0.306. The molecule has 3 atom stereocenters. The quantitative estimate of drug-likeness (QED) is 0.857. The molecule has 136 valence electrons. The number of aromatic nitrogens is 2. The molecule has 7 nitrogen and oxygen atoms in total. The lowest BCUT2D eigenvalue weighted by Crippen LogP contribution is -2.30. The number of carboxylic acids is 1. The molecule has 3 N–H and O–H groups in total. The zero-order valence-corrected chi connectivity index (χ0v) is 14.3.